The molecule has 1 heterocycles. The molecule has 1 aliphatic heterocycles. The Morgan fingerprint density at radius 2 is 2.33 bits per heavy atom. The monoisotopic (exact) mass is 243 g/mol. The highest BCUT2D eigenvalue weighted by molar-refractivity contribution is 8.00. The summed E-state index contributed by atoms with van der Waals surface area (Å²) in [7, 11) is 0. The minimum absolute atomic E-state index is 0.299. The molecule has 0 aliphatic carbocycles. The van der Waals surface area contributed by atoms with Crippen LogP contribution < -0.4 is 5.73 Å². The van der Waals surface area contributed by atoms with Crippen molar-refractivity contribution in [2.75, 3.05) is 12.3 Å². The fraction of sp³-hybridized carbons (Fsp3) is 0.455. The van der Waals surface area contributed by atoms with Gasteiger partial charge in [-0.3, -0.25) is 0 Å². The van der Waals surface area contributed by atoms with Gasteiger partial charge in [-0.05, 0) is 31.5 Å². The number of rotatable bonds is 2. The van der Waals surface area contributed by atoms with Crippen LogP contribution in [0.4, 0.5) is 5.69 Å². The lowest BCUT2D eigenvalue weighted by Crippen LogP contribution is -2.13. The zero-order valence-electron chi connectivity index (χ0n) is 8.57. The highest BCUT2D eigenvalue weighted by Crippen LogP contribution is 2.36. The van der Waals surface area contributed by atoms with E-state index in [0.717, 1.165) is 28.6 Å². The summed E-state index contributed by atoms with van der Waals surface area (Å²) in [6.07, 6.45) is 1.38. The number of thioether (sulfide) groups is 1. The first-order valence-electron chi connectivity index (χ1n) is 5.00. The number of ether oxygens (including phenoxy) is 1. The predicted octanol–water partition coefficient (Wildman–Crippen LogP) is 3.19. The van der Waals surface area contributed by atoms with Gasteiger partial charge in [0, 0.05) is 27.5 Å². The van der Waals surface area contributed by atoms with E-state index in [1.807, 2.05) is 18.2 Å². The van der Waals surface area contributed by atoms with Crippen LogP contribution in [-0.2, 0) is 4.74 Å². The summed E-state index contributed by atoms with van der Waals surface area (Å²) in [5, 5.41) is 1.23. The van der Waals surface area contributed by atoms with Crippen LogP contribution in [-0.4, -0.2) is 18.0 Å². The fourth-order valence-electron chi connectivity index (χ4n) is 1.64. The number of halogens is 1. The van der Waals surface area contributed by atoms with E-state index in [0.29, 0.717) is 11.4 Å². The molecule has 1 fully saturated rings. The van der Waals surface area contributed by atoms with Gasteiger partial charge in [0.2, 0.25) is 0 Å². The third kappa shape index (κ3) is 2.60. The standard InChI is InChI=1S/C11H14ClNOS/c1-7-10(4-5-14-7)15-11-6-8(12)2-3-9(11)13/h2-3,6-7,10H,4-5,13H2,1H3. The Morgan fingerprint density at radius 3 is 3.00 bits per heavy atom. The molecule has 0 radical (unpaired) electrons. The minimum Gasteiger partial charge on any atom is -0.398 e. The van der Waals surface area contributed by atoms with Crippen LogP contribution in [0.15, 0.2) is 23.1 Å². The van der Waals surface area contributed by atoms with Gasteiger partial charge < -0.3 is 10.5 Å². The maximum Gasteiger partial charge on any atom is 0.0669 e. The molecule has 2 N–H and O–H groups in total. The topological polar surface area (TPSA) is 35.2 Å². The highest BCUT2D eigenvalue weighted by Gasteiger charge is 2.25. The Balaban J connectivity index is 2.12. The van der Waals surface area contributed by atoms with Crippen LogP contribution in [0.25, 0.3) is 0 Å². The number of hydrogen-bond acceptors (Lipinski definition) is 3. The van der Waals surface area contributed by atoms with Crippen molar-refractivity contribution >= 4 is 29.1 Å². The predicted molar refractivity (Wildman–Crippen MR) is 65.5 cm³/mol. The smallest absolute Gasteiger partial charge is 0.0669 e. The van der Waals surface area contributed by atoms with Gasteiger partial charge in [-0.1, -0.05) is 11.6 Å². The molecule has 2 atom stereocenters. The SMILES string of the molecule is CC1OCCC1Sc1cc(Cl)ccc1N. The van der Waals surface area contributed by atoms with Crippen molar-refractivity contribution in [3.8, 4) is 0 Å². The van der Waals surface area contributed by atoms with E-state index in [1.54, 1.807) is 11.8 Å². The average Bonchev–Trinajstić information content (AvgIpc) is 2.58. The maximum absolute atomic E-state index is 5.94. The molecule has 1 aromatic rings. The second-order valence-corrected chi connectivity index (χ2v) is 5.42. The van der Waals surface area contributed by atoms with Crippen LogP contribution in [0.5, 0.6) is 0 Å². The Bertz CT molecular complexity index is 358. The second kappa shape index (κ2) is 4.64. The summed E-state index contributed by atoms with van der Waals surface area (Å²) in [6.45, 7) is 2.95. The van der Waals surface area contributed by atoms with Gasteiger partial charge in [0.1, 0.15) is 0 Å². The first-order chi connectivity index (χ1) is 7.16. The molecule has 0 amide bonds. The van der Waals surface area contributed by atoms with Crippen LogP contribution in [0.3, 0.4) is 0 Å². The van der Waals surface area contributed by atoms with Crippen molar-refractivity contribution in [1.29, 1.82) is 0 Å². The molecule has 2 unspecified atom stereocenters. The van der Waals surface area contributed by atoms with Crippen molar-refractivity contribution in [2.45, 2.75) is 29.6 Å². The van der Waals surface area contributed by atoms with Gasteiger partial charge in [-0.25, -0.2) is 0 Å². The Morgan fingerprint density at radius 1 is 1.53 bits per heavy atom. The van der Waals surface area contributed by atoms with Crippen molar-refractivity contribution in [2.24, 2.45) is 0 Å². The number of nitrogens with two attached hydrogens (primary N) is 1. The molecule has 15 heavy (non-hydrogen) atoms. The summed E-state index contributed by atoms with van der Waals surface area (Å²) in [5.41, 5.74) is 6.69. The highest BCUT2D eigenvalue weighted by atomic mass is 35.5. The summed E-state index contributed by atoms with van der Waals surface area (Å²) < 4.78 is 5.51. The van der Waals surface area contributed by atoms with E-state index in [1.165, 1.54) is 0 Å². The van der Waals surface area contributed by atoms with Gasteiger partial charge in [0.15, 0.2) is 0 Å². The number of benzene rings is 1. The quantitative estimate of drug-likeness (QED) is 0.811. The molecular formula is C11H14ClNOS. The van der Waals surface area contributed by atoms with Crippen molar-refractivity contribution in [3.63, 3.8) is 0 Å². The molecule has 1 aliphatic rings. The lowest BCUT2D eigenvalue weighted by Gasteiger charge is -2.14. The normalized spacial score (nSPS) is 25.7. The largest absolute Gasteiger partial charge is 0.398 e. The molecule has 1 saturated heterocycles. The third-order valence-electron chi connectivity index (χ3n) is 2.56. The van der Waals surface area contributed by atoms with Crippen molar-refractivity contribution in [1.82, 2.24) is 0 Å². The zero-order valence-corrected chi connectivity index (χ0v) is 10.1. The van der Waals surface area contributed by atoms with Gasteiger partial charge in [-0.2, -0.15) is 0 Å². The van der Waals surface area contributed by atoms with E-state index in [4.69, 9.17) is 22.1 Å². The molecular weight excluding hydrogens is 230 g/mol. The van der Waals surface area contributed by atoms with Gasteiger partial charge in [-0.15, -0.1) is 11.8 Å². The Hall–Kier alpha value is -0.380. The van der Waals surface area contributed by atoms with E-state index in [-0.39, 0.29) is 0 Å². The summed E-state index contributed by atoms with van der Waals surface area (Å²) >= 11 is 7.70. The first-order valence-corrected chi connectivity index (χ1v) is 6.26. The number of nitrogen functional groups attached to an aromatic ring is 1. The molecule has 1 aromatic carbocycles. The molecule has 2 nitrogen and oxygen atoms in total. The molecule has 0 bridgehead atoms. The lowest BCUT2D eigenvalue weighted by atomic mass is 10.3. The zero-order chi connectivity index (χ0) is 10.8. The fourth-order valence-corrected chi connectivity index (χ4v) is 3.09. The van der Waals surface area contributed by atoms with Crippen LogP contribution in [0.2, 0.25) is 5.02 Å². The molecule has 4 heteroatoms. The van der Waals surface area contributed by atoms with E-state index in [2.05, 4.69) is 6.92 Å². The second-order valence-electron chi connectivity index (χ2n) is 3.70. The molecule has 0 aromatic heterocycles. The number of hydrogen-bond donors (Lipinski definition) is 1. The maximum atomic E-state index is 5.94. The van der Waals surface area contributed by atoms with E-state index >= 15 is 0 Å². The summed E-state index contributed by atoms with van der Waals surface area (Å²) in [5.74, 6) is 0. The van der Waals surface area contributed by atoms with Gasteiger partial charge in [0.25, 0.3) is 0 Å². The van der Waals surface area contributed by atoms with Gasteiger partial charge in [0.05, 0.1) is 6.10 Å². The summed E-state index contributed by atoms with van der Waals surface area (Å²) in [6, 6.07) is 5.59. The summed E-state index contributed by atoms with van der Waals surface area (Å²) in [4.78, 5) is 1.06. The molecule has 82 valence electrons. The van der Waals surface area contributed by atoms with Gasteiger partial charge >= 0.3 is 0 Å². The van der Waals surface area contributed by atoms with Crippen LogP contribution in [0, 0.1) is 0 Å². The average molecular weight is 244 g/mol. The van der Waals surface area contributed by atoms with Crippen molar-refractivity contribution < 1.29 is 4.74 Å². The molecule has 0 saturated carbocycles. The van der Waals surface area contributed by atoms with Crippen LogP contribution in [0.1, 0.15) is 13.3 Å². The van der Waals surface area contributed by atoms with E-state index in [9.17, 15) is 0 Å². The van der Waals surface area contributed by atoms with Crippen LogP contribution >= 0.6 is 23.4 Å². The third-order valence-corrected chi connectivity index (χ3v) is 4.32. The van der Waals surface area contributed by atoms with Crippen molar-refractivity contribution in [3.05, 3.63) is 23.2 Å². The molecule has 0 spiro atoms. The minimum atomic E-state index is 0.299. The number of anilines is 1. The Kier molecular flexibility index (Phi) is 3.44. The first kappa shape index (κ1) is 11.1. The van der Waals surface area contributed by atoms with E-state index < -0.39 is 0 Å². The lowest BCUT2D eigenvalue weighted by molar-refractivity contribution is 0.127. The molecule has 2 rings (SSSR count). The Labute approximate surface area is 99.1 Å².